The molecule has 0 radical (unpaired) electrons. The monoisotopic (exact) mass is 477 g/mol. The summed E-state index contributed by atoms with van der Waals surface area (Å²) in [7, 11) is 1.23. The van der Waals surface area contributed by atoms with Gasteiger partial charge in [0, 0.05) is 5.54 Å². The minimum atomic E-state index is -1.05. The Morgan fingerprint density at radius 2 is 1.53 bits per heavy atom. The Hall–Kier alpha value is -3.10. The van der Waals surface area contributed by atoms with Crippen LogP contribution in [-0.2, 0) is 23.9 Å². The number of hydrogen-bond donors (Lipinski definition) is 2. The lowest BCUT2D eigenvalue weighted by atomic mass is 9.90. The Morgan fingerprint density at radius 1 is 1.00 bits per heavy atom. The van der Waals surface area contributed by atoms with Gasteiger partial charge in [-0.15, -0.1) is 0 Å². The zero-order valence-corrected chi connectivity index (χ0v) is 22.0. The smallest absolute Gasteiger partial charge is 0.408 e. The summed E-state index contributed by atoms with van der Waals surface area (Å²) in [5.41, 5.74) is 0.729. The van der Waals surface area contributed by atoms with Crippen molar-refractivity contribution in [2.45, 2.75) is 85.5 Å². The number of hydrogen-bond acceptors (Lipinski definition) is 6. The Bertz CT molecular complexity index is 894. The fraction of sp³-hybridized carbons (Fsp3) is 0.600. The molecule has 9 nitrogen and oxygen atoms in total. The molecule has 0 aliphatic rings. The van der Waals surface area contributed by atoms with Crippen LogP contribution in [0, 0.1) is 13.8 Å². The molecule has 0 aliphatic carbocycles. The van der Waals surface area contributed by atoms with E-state index in [0.717, 1.165) is 11.1 Å². The van der Waals surface area contributed by atoms with Crippen LogP contribution < -0.4 is 10.6 Å². The first-order valence-electron chi connectivity index (χ1n) is 11.2. The van der Waals surface area contributed by atoms with E-state index in [0.29, 0.717) is 5.56 Å². The van der Waals surface area contributed by atoms with E-state index in [1.54, 1.807) is 48.5 Å². The Labute approximate surface area is 202 Å². The van der Waals surface area contributed by atoms with Crippen molar-refractivity contribution in [3.05, 3.63) is 34.9 Å². The zero-order valence-electron chi connectivity index (χ0n) is 22.0. The normalized spacial score (nSPS) is 13.4. The van der Waals surface area contributed by atoms with Gasteiger partial charge in [-0.25, -0.2) is 4.79 Å². The molecule has 0 saturated carbocycles. The van der Waals surface area contributed by atoms with Crippen LogP contribution in [0.3, 0.4) is 0 Å². The predicted octanol–water partition coefficient (Wildman–Crippen LogP) is 3.17. The molecule has 190 valence electrons. The fourth-order valence-electron chi connectivity index (χ4n) is 3.56. The highest BCUT2D eigenvalue weighted by Crippen LogP contribution is 2.33. The van der Waals surface area contributed by atoms with Crippen molar-refractivity contribution < 1.29 is 28.7 Å². The van der Waals surface area contributed by atoms with E-state index >= 15 is 0 Å². The molecule has 0 heterocycles. The maximum absolute atomic E-state index is 13.7. The highest BCUT2D eigenvalue weighted by molar-refractivity contribution is 5.93. The molecule has 2 unspecified atom stereocenters. The van der Waals surface area contributed by atoms with Gasteiger partial charge in [-0.3, -0.25) is 14.4 Å². The molecule has 1 aromatic carbocycles. The minimum absolute atomic E-state index is 0.339. The van der Waals surface area contributed by atoms with Crippen LogP contribution in [0.25, 0.3) is 0 Å². The summed E-state index contributed by atoms with van der Waals surface area (Å²) in [4.78, 5) is 52.6. The molecular formula is C25H39N3O6. The number of carbonyl (C=O) groups excluding carboxylic acids is 4. The van der Waals surface area contributed by atoms with Gasteiger partial charge in [0.05, 0.1) is 7.11 Å². The quantitative estimate of drug-likeness (QED) is 0.583. The van der Waals surface area contributed by atoms with E-state index in [4.69, 9.17) is 4.74 Å². The number of alkyl carbamates (subject to hydrolysis) is 1. The van der Waals surface area contributed by atoms with Crippen molar-refractivity contribution in [2.75, 3.05) is 13.7 Å². The first-order chi connectivity index (χ1) is 15.5. The van der Waals surface area contributed by atoms with Gasteiger partial charge in [0.15, 0.2) is 0 Å². The molecule has 3 amide bonds. The number of nitrogens with zero attached hydrogens (tertiary/aromatic N) is 1. The number of methoxy groups -OCH3 is 1. The number of esters is 1. The summed E-state index contributed by atoms with van der Waals surface area (Å²) in [6.07, 6.45) is -0.735. The zero-order chi connectivity index (χ0) is 26.4. The van der Waals surface area contributed by atoms with E-state index < -0.39 is 47.1 Å². The van der Waals surface area contributed by atoms with Crippen molar-refractivity contribution in [1.82, 2.24) is 15.5 Å². The standard InChI is InChI=1S/C25H39N3O6/c1-15-12-11-13-16(2)19(15)20(21(30)26-14-18(29)33-10)28(24(4,5)6)22(31)17(3)27-23(32)34-25(7,8)9/h11-13,17,20H,14H2,1-10H3,(H,26,30)(H,27,32). The average Bonchev–Trinajstić information content (AvgIpc) is 2.67. The molecule has 1 aromatic rings. The number of ether oxygens (including phenoxy) is 2. The molecule has 0 aromatic heterocycles. The van der Waals surface area contributed by atoms with Gasteiger partial charge in [0.2, 0.25) is 11.8 Å². The van der Waals surface area contributed by atoms with Crippen molar-refractivity contribution in [3.63, 3.8) is 0 Å². The fourth-order valence-corrected chi connectivity index (χ4v) is 3.56. The third kappa shape index (κ3) is 8.04. The van der Waals surface area contributed by atoms with Gasteiger partial charge in [0.25, 0.3) is 0 Å². The van der Waals surface area contributed by atoms with Crippen LogP contribution in [0.2, 0.25) is 0 Å². The first kappa shape index (κ1) is 28.9. The molecular weight excluding hydrogens is 438 g/mol. The summed E-state index contributed by atoms with van der Waals surface area (Å²) < 4.78 is 9.92. The maximum Gasteiger partial charge on any atom is 0.408 e. The van der Waals surface area contributed by atoms with Crippen LogP contribution in [0.4, 0.5) is 4.79 Å². The molecule has 0 saturated heterocycles. The molecule has 1 rings (SSSR count). The molecule has 0 aliphatic heterocycles. The van der Waals surface area contributed by atoms with Crippen molar-refractivity contribution in [2.24, 2.45) is 0 Å². The lowest BCUT2D eigenvalue weighted by Crippen LogP contribution is -2.58. The van der Waals surface area contributed by atoms with E-state index in [1.807, 2.05) is 32.0 Å². The minimum Gasteiger partial charge on any atom is -0.468 e. The Morgan fingerprint density at radius 3 is 1.97 bits per heavy atom. The first-order valence-corrected chi connectivity index (χ1v) is 11.2. The lowest BCUT2D eigenvalue weighted by Gasteiger charge is -2.43. The van der Waals surface area contributed by atoms with Crippen molar-refractivity contribution >= 4 is 23.9 Å². The van der Waals surface area contributed by atoms with E-state index in [1.165, 1.54) is 12.0 Å². The number of carbonyl (C=O) groups is 4. The number of amides is 3. The summed E-state index contributed by atoms with van der Waals surface area (Å²) in [5, 5.41) is 5.15. The highest BCUT2D eigenvalue weighted by atomic mass is 16.6. The van der Waals surface area contributed by atoms with Gasteiger partial charge in [-0.1, -0.05) is 18.2 Å². The van der Waals surface area contributed by atoms with Gasteiger partial charge in [-0.05, 0) is 79.0 Å². The van der Waals surface area contributed by atoms with Gasteiger partial charge in [-0.2, -0.15) is 0 Å². The van der Waals surface area contributed by atoms with Crippen molar-refractivity contribution in [1.29, 1.82) is 0 Å². The second-order valence-electron chi connectivity index (χ2n) is 10.2. The van der Waals surface area contributed by atoms with Crippen LogP contribution in [0.15, 0.2) is 18.2 Å². The van der Waals surface area contributed by atoms with Gasteiger partial charge in [0.1, 0.15) is 24.2 Å². The predicted molar refractivity (Wildman–Crippen MR) is 129 cm³/mol. The molecule has 9 heteroatoms. The van der Waals surface area contributed by atoms with Crippen LogP contribution >= 0.6 is 0 Å². The third-order valence-corrected chi connectivity index (χ3v) is 5.02. The highest BCUT2D eigenvalue weighted by Gasteiger charge is 2.41. The molecule has 34 heavy (non-hydrogen) atoms. The second kappa shape index (κ2) is 11.4. The average molecular weight is 478 g/mol. The number of aryl methyl sites for hydroxylation is 2. The van der Waals surface area contributed by atoms with E-state index in [2.05, 4.69) is 15.4 Å². The van der Waals surface area contributed by atoms with E-state index in [-0.39, 0.29) is 6.54 Å². The number of nitrogens with one attached hydrogen (secondary N) is 2. The summed E-state index contributed by atoms with van der Waals surface area (Å²) in [6, 6.07) is 3.55. The second-order valence-corrected chi connectivity index (χ2v) is 10.2. The number of benzene rings is 1. The number of rotatable bonds is 7. The van der Waals surface area contributed by atoms with Crippen LogP contribution in [-0.4, -0.2) is 59.6 Å². The summed E-state index contributed by atoms with van der Waals surface area (Å²) in [6.45, 7) is 15.5. The molecule has 0 fully saturated rings. The maximum atomic E-state index is 13.7. The molecule has 2 N–H and O–H groups in total. The molecule has 2 atom stereocenters. The largest absolute Gasteiger partial charge is 0.468 e. The summed E-state index contributed by atoms with van der Waals surface area (Å²) in [5.74, 6) is -1.61. The van der Waals surface area contributed by atoms with Crippen LogP contribution in [0.1, 0.15) is 71.2 Å². The Kier molecular flexibility index (Phi) is 9.66. The lowest BCUT2D eigenvalue weighted by molar-refractivity contribution is -0.149. The molecule has 0 spiro atoms. The third-order valence-electron chi connectivity index (χ3n) is 5.02. The van der Waals surface area contributed by atoms with Gasteiger partial charge >= 0.3 is 12.1 Å². The van der Waals surface area contributed by atoms with E-state index in [9.17, 15) is 19.2 Å². The molecule has 0 bridgehead atoms. The van der Waals surface area contributed by atoms with Gasteiger partial charge < -0.3 is 25.0 Å². The van der Waals surface area contributed by atoms with Crippen molar-refractivity contribution in [3.8, 4) is 0 Å². The Balaban J connectivity index is 3.49. The SMILES string of the molecule is COC(=O)CNC(=O)C(c1c(C)cccc1C)N(C(=O)C(C)NC(=O)OC(C)(C)C)C(C)(C)C. The topological polar surface area (TPSA) is 114 Å². The summed E-state index contributed by atoms with van der Waals surface area (Å²) >= 11 is 0. The van der Waals surface area contributed by atoms with Crippen LogP contribution in [0.5, 0.6) is 0 Å².